The molecule has 1 aliphatic carbocycles. The van der Waals surface area contributed by atoms with Gasteiger partial charge in [0.1, 0.15) is 0 Å². The first kappa shape index (κ1) is 17.6. The Labute approximate surface area is 134 Å². The molecule has 2 rings (SSSR count). The van der Waals surface area contributed by atoms with Crippen LogP contribution in [0.2, 0.25) is 0 Å². The molecule has 6 heteroatoms. The average Bonchev–Trinajstić information content (AvgIpc) is 2.48. The van der Waals surface area contributed by atoms with Gasteiger partial charge in [-0.2, -0.15) is 11.8 Å². The number of thioether (sulfide) groups is 1. The highest BCUT2D eigenvalue weighted by Gasteiger charge is 2.31. The molecule has 124 valence electrons. The van der Waals surface area contributed by atoms with E-state index in [1.54, 1.807) is 4.31 Å². The zero-order valence-electron chi connectivity index (χ0n) is 13.4. The minimum Gasteiger partial charge on any atom is -0.310 e. The van der Waals surface area contributed by atoms with E-state index < -0.39 is 10.0 Å². The minimum absolute atomic E-state index is 0.294. The quantitative estimate of drug-likeness (QED) is 0.810. The van der Waals surface area contributed by atoms with Gasteiger partial charge in [-0.3, -0.25) is 0 Å². The molecule has 0 bridgehead atoms. The molecule has 0 unspecified atom stereocenters. The van der Waals surface area contributed by atoms with Crippen LogP contribution in [0, 0.1) is 0 Å². The number of hydrogen-bond donors (Lipinski definition) is 1. The molecule has 21 heavy (non-hydrogen) atoms. The van der Waals surface area contributed by atoms with Crippen molar-refractivity contribution in [1.29, 1.82) is 0 Å². The van der Waals surface area contributed by atoms with Crippen molar-refractivity contribution in [3.8, 4) is 0 Å². The van der Waals surface area contributed by atoms with Crippen LogP contribution in [0.25, 0.3) is 0 Å². The van der Waals surface area contributed by atoms with Crippen LogP contribution in [0.15, 0.2) is 0 Å². The molecule has 0 spiro atoms. The smallest absolute Gasteiger partial charge is 0.214 e. The van der Waals surface area contributed by atoms with Gasteiger partial charge in [-0.25, -0.2) is 12.7 Å². The molecule has 1 heterocycles. The van der Waals surface area contributed by atoms with E-state index in [9.17, 15) is 8.42 Å². The zero-order valence-corrected chi connectivity index (χ0v) is 15.0. The van der Waals surface area contributed by atoms with Crippen LogP contribution < -0.4 is 5.32 Å². The molecule has 1 N–H and O–H groups in total. The molecule has 0 aromatic carbocycles. The predicted molar refractivity (Wildman–Crippen MR) is 91.4 cm³/mol. The molecule has 0 aromatic heterocycles. The molecule has 1 aliphatic heterocycles. The predicted octanol–water partition coefficient (Wildman–Crippen LogP) is 2.45. The standard InChI is InChI=1S/C15H30N2O2S2/c1-3-12-21(18,19)17-10-8-13(9-11-17)16-14-6-4-5-7-15(14)20-2/h13-16H,3-12H2,1-2H3/t14-,15+/m1/s1. The third-order valence-corrected chi connectivity index (χ3v) is 8.01. The molecular formula is C15H30N2O2S2. The molecule has 2 atom stereocenters. The van der Waals surface area contributed by atoms with Crippen LogP contribution in [0.3, 0.4) is 0 Å². The number of sulfonamides is 1. The highest BCUT2D eigenvalue weighted by molar-refractivity contribution is 7.99. The molecule has 0 aromatic rings. The summed E-state index contributed by atoms with van der Waals surface area (Å²) < 4.78 is 25.9. The topological polar surface area (TPSA) is 49.4 Å². The number of hydrogen-bond acceptors (Lipinski definition) is 4. The van der Waals surface area contributed by atoms with Crippen LogP contribution in [-0.4, -0.2) is 55.2 Å². The van der Waals surface area contributed by atoms with Crippen molar-refractivity contribution in [3.63, 3.8) is 0 Å². The SMILES string of the molecule is CCCS(=O)(=O)N1CCC(N[C@@H]2CCCC[C@@H]2SC)CC1. The minimum atomic E-state index is -3.00. The Morgan fingerprint density at radius 1 is 1.14 bits per heavy atom. The van der Waals surface area contributed by atoms with Gasteiger partial charge in [-0.1, -0.05) is 19.8 Å². The van der Waals surface area contributed by atoms with Crippen molar-refractivity contribution in [1.82, 2.24) is 9.62 Å². The molecule has 4 nitrogen and oxygen atoms in total. The van der Waals surface area contributed by atoms with Gasteiger partial charge in [-0.05, 0) is 38.4 Å². The van der Waals surface area contributed by atoms with E-state index in [2.05, 4.69) is 11.6 Å². The summed E-state index contributed by atoms with van der Waals surface area (Å²) in [6.07, 6.45) is 10.1. The van der Waals surface area contributed by atoms with E-state index in [-0.39, 0.29) is 0 Å². The Morgan fingerprint density at radius 2 is 1.81 bits per heavy atom. The molecule has 1 saturated heterocycles. The monoisotopic (exact) mass is 334 g/mol. The number of nitrogens with zero attached hydrogens (tertiary/aromatic N) is 1. The third kappa shape index (κ3) is 4.85. The lowest BCUT2D eigenvalue weighted by molar-refractivity contribution is 0.255. The summed E-state index contributed by atoms with van der Waals surface area (Å²) in [5.41, 5.74) is 0. The maximum Gasteiger partial charge on any atom is 0.214 e. The van der Waals surface area contributed by atoms with Gasteiger partial charge >= 0.3 is 0 Å². The van der Waals surface area contributed by atoms with Crippen molar-refractivity contribution in [2.75, 3.05) is 25.1 Å². The maximum absolute atomic E-state index is 12.1. The van der Waals surface area contributed by atoms with Crippen molar-refractivity contribution >= 4 is 21.8 Å². The van der Waals surface area contributed by atoms with Gasteiger partial charge < -0.3 is 5.32 Å². The number of rotatable bonds is 6. The van der Waals surface area contributed by atoms with Gasteiger partial charge in [0.05, 0.1) is 5.75 Å². The van der Waals surface area contributed by atoms with E-state index in [4.69, 9.17) is 0 Å². The summed E-state index contributed by atoms with van der Waals surface area (Å²) >= 11 is 1.99. The van der Waals surface area contributed by atoms with Crippen LogP contribution >= 0.6 is 11.8 Å². The van der Waals surface area contributed by atoms with Crippen LogP contribution in [0.5, 0.6) is 0 Å². The van der Waals surface area contributed by atoms with Gasteiger partial charge in [0.2, 0.25) is 10.0 Å². The van der Waals surface area contributed by atoms with E-state index in [0.717, 1.165) is 18.1 Å². The lowest BCUT2D eigenvalue weighted by Gasteiger charge is -2.37. The van der Waals surface area contributed by atoms with Crippen molar-refractivity contribution in [3.05, 3.63) is 0 Å². The van der Waals surface area contributed by atoms with Gasteiger partial charge in [0.25, 0.3) is 0 Å². The lowest BCUT2D eigenvalue weighted by Crippen LogP contribution is -2.51. The Bertz CT molecular complexity index is 406. The molecular weight excluding hydrogens is 304 g/mol. The van der Waals surface area contributed by atoms with Gasteiger partial charge in [0, 0.05) is 30.4 Å². The Kier molecular flexibility index (Phi) is 6.84. The summed E-state index contributed by atoms with van der Waals surface area (Å²) in [6.45, 7) is 3.31. The highest BCUT2D eigenvalue weighted by atomic mass is 32.2. The second-order valence-corrected chi connectivity index (χ2v) is 9.49. The van der Waals surface area contributed by atoms with Gasteiger partial charge in [0.15, 0.2) is 0 Å². The summed E-state index contributed by atoms with van der Waals surface area (Å²) in [5, 5.41) is 4.56. The second-order valence-electron chi connectivity index (χ2n) is 6.32. The van der Waals surface area contributed by atoms with E-state index >= 15 is 0 Å². The first-order valence-corrected chi connectivity index (χ1v) is 11.2. The van der Waals surface area contributed by atoms with Crippen LogP contribution in [-0.2, 0) is 10.0 Å². The fourth-order valence-corrected chi connectivity index (χ4v) is 6.05. The largest absolute Gasteiger partial charge is 0.310 e. The molecule has 0 amide bonds. The van der Waals surface area contributed by atoms with Crippen LogP contribution in [0.4, 0.5) is 0 Å². The summed E-state index contributed by atoms with van der Waals surface area (Å²) in [4.78, 5) is 0. The zero-order chi connectivity index (χ0) is 15.3. The maximum atomic E-state index is 12.1. The number of nitrogens with one attached hydrogen (secondary N) is 1. The molecule has 2 aliphatic rings. The van der Waals surface area contributed by atoms with E-state index in [0.29, 0.717) is 37.3 Å². The van der Waals surface area contributed by atoms with E-state index in [1.165, 1.54) is 25.7 Å². The molecule has 0 radical (unpaired) electrons. The average molecular weight is 335 g/mol. The fourth-order valence-electron chi connectivity index (χ4n) is 3.56. The molecule has 1 saturated carbocycles. The number of piperidine rings is 1. The van der Waals surface area contributed by atoms with E-state index in [1.807, 2.05) is 18.7 Å². The fraction of sp³-hybridized carbons (Fsp3) is 1.00. The normalized spacial score (nSPS) is 29.6. The summed E-state index contributed by atoms with van der Waals surface area (Å²) in [6, 6.07) is 1.12. The highest BCUT2D eigenvalue weighted by Crippen LogP contribution is 2.28. The van der Waals surface area contributed by atoms with Gasteiger partial charge in [-0.15, -0.1) is 0 Å². The Hall–Kier alpha value is 0.220. The molecule has 2 fully saturated rings. The lowest BCUT2D eigenvalue weighted by atomic mass is 9.93. The van der Waals surface area contributed by atoms with Crippen molar-refractivity contribution in [2.24, 2.45) is 0 Å². The summed E-state index contributed by atoms with van der Waals surface area (Å²) in [7, 11) is -3.00. The first-order valence-electron chi connectivity index (χ1n) is 8.33. The first-order chi connectivity index (χ1) is 10.1. The third-order valence-electron chi connectivity index (χ3n) is 4.76. The Balaban J connectivity index is 1.81. The summed E-state index contributed by atoms with van der Waals surface area (Å²) in [5.74, 6) is 0.294. The van der Waals surface area contributed by atoms with Crippen molar-refractivity contribution in [2.45, 2.75) is 69.2 Å². The second kappa shape index (κ2) is 8.18. The van der Waals surface area contributed by atoms with Crippen LogP contribution in [0.1, 0.15) is 51.9 Å². The van der Waals surface area contributed by atoms with Crippen molar-refractivity contribution < 1.29 is 8.42 Å². The Morgan fingerprint density at radius 3 is 2.43 bits per heavy atom.